The number of unbranched alkanes of at least 4 members (excludes halogenated alkanes) is 4. The van der Waals surface area contributed by atoms with Crippen molar-refractivity contribution in [3.8, 4) is 0 Å². The van der Waals surface area contributed by atoms with E-state index in [4.69, 9.17) is 19.0 Å². The molecule has 3 saturated heterocycles. The van der Waals surface area contributed by atoms with Crippen LogP contribution in [-0.2, 0) is 49.5 Å². The molecule has 0 spiro atoms. The van der Waals surface area contributed by atoms with Gasteiger partial charge in [0, 0.05) is 31.9 Å². The molecule has 1 aromatic carbocycles. The van der Waals surface area contributed by atoms with Gasteiger partial charge in [0.05, 0.1) is 19.3 Å². The topological polar surface area (TPSA) is 182 Å². The Morgan fingerprint density at radius 1 is 1.07 bits per heavy atom. The second-order valence-electron chi connectivity index (χ2n) is 14.7. The van der Waals surface area contributed by atoms with Gasteiger partial charge in [0.2, 0.25) is 11.8 Å². The lowest BCUT2D eigenvalue weighted by Crippen LogP contribution is -2.71. The van der Waals surface area contributed by atoms with Crippen LogP contribution in [0, 0.1) is 5.41 Å². The summed E-state index contributed by atoms with van der Waals surface area (Å²) < 4.78 is 61.8. The maximum Gasteiger partial charge on any atom is 0.422 e. The second kappa shape index (κ2) is 18.1. The summed E-state index contributed by atoms with van der Waals surface area (Å²) in [4.78, 5) is 60.7. The summed E-state index contributed by atoms with van der Waals surface area (Å²) in [5.74, 6) is -4.53. The van der Waals surface area contributed by atoms with Crippen LogP contribution in [0.3, 0.4) is 0 Å². The molecule has 4 N–H and O–H groups in total. The molecule has 306 valence electrons. The smallest absolute Gasteiger partial charge is 0.422 e. The average molecular weight is 784 g/mol. The van der Waals surface area contributed by atoms with Crippen molar-refractivity contribution in [3.05, 3.63) is 41.5 Å². The minimum Gasteiger partial charge on any atom is -0.458 e. The zero-order valence-corrected chi connectivity index (χ0v) is 31.3. The molecule has 1 saturated carbocycles. The third kappa shape index (κ3) is 9.51. The van der Waals surface area contributed by atoms with Crippen molar-refractivity contribution in [2.24, 2.45) is 5.41 Å². The highest BCUT2D eigenvalue weighted by molar-refractivity contribution is 5.96. The van der Waals surface area contributed by atoms with Crippen LogP contribution in [0.2, 0.25) is 0 Å². The van der Waals surface area contributed by atoms with Gasteiger partial charge in [0.25, 0.3) is 0 Å². The van der Waals surface area contributed by atoms with Gasteiger partial charge in [0.1, 0.15) is 35.9 Å². The van der Waals surface area contributed by atoms with Crippen molar-refractivity contribution >= 4 is 29.8 Å². The molecule has 8 atom stereocenters. The van der Waals surface area contributed by atoms with Crippen LogP contribution in [0.1, 0.15) is 89.7 Å². The standard InChI is InChI=1S/C38H52F3N3O11/c1-4-6-10-16-36(17-11-7-5-2)53-29-26-20-37(35(50)43-28(23(3)46)33(48)42-18-19-45)31(34(49)52-26)44(55-32(37)30(29)54-36)21-25-13-9-8-12-24(25)14-15-27(47)51-22-38(39,40)41/h8-9,12-15,23,26,28-32,45-46H,4-7,10-11,16-22H2,1-3H3,(H,42,48)(H,43,50)/t23-,26+,28+,29-,30-,31+,32+,37+/m0/s1. The minimum absolute atomic E-state index is 0.0572. The fourth-order valence-electron chi connectivity index (χ4n) is 8.03. The van der Waals surface area contributed by atoms with Gasteiger partial charge in [0.15, 0.2) is 18.4 Å². The van der Waals surface area contributed by atoms with Gasteiger partial charge in [-0.3, -0.25) is 19.2 Å². The molecule has 4 aliphatic rings. The fraction of sp³-hybridized carbons (Fsp3) is 0.684. The lowest BCUT2D eigenvalue weighted by Gasteiger charge is -2.49. The Kier molecular flexibility index (Phi) is 14.0. The zero-order chi connectivity index (χ0) is 40.0. The molecule has 0 aromatic heterocycles. The summed E-state index contributed by atoms with van der Waals surface area (Å²) in [6.45, 7) is 3.10. The maximum absolute atomic E-state index is 14.8. The number of esters is 2. The van der Waals surface area contributed by atoms with Crippen LogP contribution in [0.5, 0.6) is 0 Å². The van der Waals surface area contributed by atoms with Crippen molar-refractivity contribution in [2.45, 2.75) is 140 Å². The monoisotopic (exact) mass is 783 g/mol. The van der Waals surface area contributed by atoms with E-state index in [-0.39, 0.29) is 26.1 Å². The molecular weight excluding hydrogens is 731 g/mol. The number of benzene rings is 1. The SMILES string of the molecule is CCCCCC1(CCCCC)O[C@@H]2[C@H](O1)[C@H]1ON(Cc3ccccc3C=CC(=O)OCC(F)(F)F)[C@@H]3C(=O)O[C@@H]2C[C@]13C(=O)N[C@@H](C(=O)NCCO)[C@H](C)O. The van der Waals surface area contributed by atoms with Crippen LogP contribution in [0.25, 0.3) is 6.08 Å². The number of rotatable bonds is 19. The molecule has 2 bridgehead atoms. The molecule has 17 heteroatoms. The number of amides is 2. The molecule has 5 rings (SSSR count). The largest absolute Gasteiger partial charge is 0.458 e. The first kappa shape index (κ1) is 42.5. The first-order valence-electron chi connectivity index (χ1n) is 19.0. The number of alkyl halides is 3. The van der Waals surface area contributed by atoms with Crippen LogP contribution in [-0.4, -0.2) is 113 Å². The highest BCUT2D eigenvalue weighted by Gasteiger charge is 2.76. The van der Waals surface area contributed by atoms with E-state index in [1.54, 1.807) is 24.3 Å². The van der Waals surface area contributed by atoms with Crippen LogP contribution in [0.15, 0.2) is 30.3 Å². The predicted octanol–water partition coefficient (Wildman–Crippen LogP) is 3.22. The van der Waals surface area contributed by atoms with Crippen LogP contribution < -0.4 is 10.6 Å². The van der Waals surface area contributed by atoms with Crippen molar-refractivity contribution in [2.75, 3.05) is 19.8 Å². The molecular formula is C38H52F3N3O11. The van der Waals surface area contributed by atoms with E-state index in [2.05, 4.69) is 29.2 Å². The summed E-state index contributed by atoms with van der Waals surface area (Å²) in [5.41, 5.74) is -0.834. The van der Waals surface area contributed by atoms with Gasteiger partial charge >= 0.3 is 18.1 Å². The molecule has 1 aliphatic carbocycles. The Bertz CT molecular complexity index is 1550. The summed E-state index contributed by atoms with van der Waals surface area (Å²) in [6, 6.07) is 3.76. The van der Waals surface area contributed by atoms with E-state index < -0.39 is 90.3 Å². The molecule has 2 amide bonds. The summed E-state index contributed by atoms with van der Waals surface area (Å²) in [6.07, 6.45) is -1.14. The molecule has 55 heavy (non-hydrogen) atoms. The Hall–Kier alpha value is -3.61. The lowest BCUT2D eigenvalue weighted by molar-refractivity contribution is -0.224. The number of aliphatic hydroxyl groups is 2. The van der Waals surface area contributed by atoms with Crippen molar-refractivity contribution in [3.63, 3.8) is 0 Å². The van der Waals surface area contributed by atoms with Crippen molar-refractivity contribution in [1.82, 2.24) is 15.7 Å². The number of hydrogen-bond donors (Lipinski definition) is 4. The quantitative estimate of drug-likeness (QED) is 0.0916. The normalized spacial score (nSPS) is 28.0. The molecule has 3 aliphatic heterocycles. The van der Waals surface area contributed by atoms with E-state index in [9.17, 15) is 42.6 Å². The van der Waals surface area contributed by atoms with E-state index in [0.717, 1.165) is 44.6 Å². The van der Waals surface area contributed by atoms with Gasteiger partial charge in [-0.25, -0.2) is 4.79 Å². The zero-order valence-electron chi connectivity index (χ0n) is 31.3. The minimum atomic E-state index is -4.70. The molecule has 4 fully saturated rings. The summed E-state index contributed by atoms with van der Waals surface area (Å²) in [5, 5.41) is 26.3. The number of carbonyl (C=O) groups excluding carboxylic acids is 4. The number of aliphatic hydroxyl groups excluding tert-OH is 2. The van der Waals surface area contributed by atoms with Crippen LogP contribution >= 0.6 is 0 Å². The molecule has 14 nitrogen and oxygen atoms in total. The van der Waals surface area contributed by atoms with E-state index >= 15 is 0 Å². The molecule has 0 radical (unpaired) electrons. The number of carbonyl (C=O) groups is 4. The lowest BCUT2D eigenvalue weighted by atomic mass is 9.62. The van der Waals surface area contributed by atoms with Gasteiger partial charge in [-0.2, -0.15) is 18.2 Å². The Labute approximate surface area is 318 Å². The predicted molar refractivity (Wildman–Crippen MR) is 188 cm³/mol. The third-order valence-corrected chi connectivity index (χ3v) is 10.6. The number of hydrogen-bond acceptors (Lipinski definition) is 12. The number of halogens is 3. The van der Waals surface area contributed by atoms with Gasteiger partial charge < -0.3 is 39.8 Å². The Morgan fingerprint density at radius 2 is 1.75 bits per heavy atom. The number of ether oxygens (including phenoxy) is 4. The summed E-state index contributed by atoms with van der Waals surface area (Å²) >= 11 is 0. The maximum atomic E-state index is 14.8. The number of nitrogens with zero attached hydrogens (tertiary/aromatic N) is 1. The van der Waals surface area contributed by atoms with Crippen LogP contribution in [0.4, 0.5) is 13.2 Å². The average Bonchev–Trinajstić information content (AvgIpc) is 3.69. The highest BCUT2D eigenvalue weighted by atomic mass is 19.4. The fourth-order valence-corrected chi connectivity index (χ4v) is 8.03. The van der Waals surface area contributed by atoms with Gasteiger partial charge in [-0.15, -0.1) is 0 Å². The second-order valence-corrected chi connectivity index (χ2v) is 14.7. The Morgan fingerprint density at radius 3 is 2.38 bits per heavy atom. The first-order chi connectivity index (χ1) is 26.2. The van der Waals surface area contributed by atoms with Gasteiger partial charge in [-0.05, 0) is 37.0 Å². The first-order valence-corrected chi connectivity index (χ1v) is 19.0. The third-order valence-electron chi connectivity index (χ3n) is 10.6. The van der Waals surface area contributed by atoms with E-state index in [1.807, 2.05) is 0 Å². The summed E-state index contributed by atoms with van der Waals surface area (Å²) in [7, 11) is 0. The highest BCUT2D eigenvalue weighted by Crippen LogP contribution is 2.58. The van der Waals surface area contributed by atoms with E-state index in [0.29, 0.717) is 24.0 Å². The number of fused-ring (bicyclic) bond motifs is 4. The Balaban J connectivity index is 1.51. The number of hydroxylamine groups is 2. The van der Waals surface area contributed by atoms with Gasteiger partial charge in [-0.1, -0.05) is 63.8 Å². The molecule has 3 heterocycles. The van der Waals surface area contributed by atoms with Crippen molar-refractivity contribution < 1.29 is 66.3 Å². The molecule has 1 aromatic rings. The van der Waals surface area contributed by atoms with E-state index in [1.165, 1.54) is 18.1 Å². The van der Waals surface area contributed by atoms with Crippen molar-refractivity contribution in [1.29, 1.82) is 0 Å². The molecule has 0 unspecified atom stereocenters. The number of nitrogens with one attached hydrogen (secondary N) is 2.